The molecule has 0 radical (unpaired) electrons. The summed E-state index contributed by atoms with van der Waals surface area (Å²) in [4.78, 5) is 0. The predicted octanol–water partition coefficient (Wildman–Crippen LogP) is 2.20. The van der Waals surface area contributed by atoms with Crippen molar-refractivity contribution in [2.75, 3.05) is 0 Å². The van der Waals surface area contributed by atoms with Crippen LogP contribution in [0.1, 0.15) is 18.3 Å². The molecule has 0 saturated carbocycles. The maximum atomic E-state index is 5.67. The van der Waals surface area contributed by atoms with E-state index >= 15 is 0 Å². The molecule has 0 fully saturated rings. The summed E-state index contributed by atoms with van der Waals surface area (Å²) >= 11 is 17.0. The molecule has 68 valence electrons. The maximum Gasteiger partial charge on any atom is 0.236 e. The third kappa shape index (κ3) is 1.84. The number of aromatic nitrogens is 3. The Bertz CT molecular complexity index is 276. The van der Waals surface area contributed by atoms with Gasteiger partial charge in [-0.3, -0.25) is 4.68 Å². The minimum Gasteiger partial charge on any atom is -0.252 e. The summed E-state index contributed by atoms with van der Waals surface area (Å²) in [5.41, 5.74) is 1.26. The highest BCUT2D eigenvalue weighted by molar-refractivity contribution is 6.66. The zero-order valence-electron chi connectivity index (χ0n) is 6.68. The number of nitrogens with zero attached hydrogens (tertiary/aromatic N) is 3. The summed E-state index contributed by atoms with van der Waals surface area (Å²) in [6.07, 6.45) is 0.743. The minimum atomic E-state index is -1.47. The summed E-state index contributed by atoms with van der Waals surface area (Å²) in [7, 11) is 1.77. The molecule has 0 amide bonds. The first-order valence-electron chi connectivity index (χ1n) is 3.42. The normalized spacial score (nSPS) is 12.1. The standard InChI is InChI=1S/C6H8Cl3N3/c1-3-4-5(6(7,8)9)10-11-12(4)2/h3H2,1-2H3. The van der Waals surface area contributed by atoms with Gasteiger partial charge in [0.15, 0.2) is 0 Å². The average Bonchev–Trinajstić information content (AvgIpc) is 2.29. The average molecular weight is 229 g/mol. The smallest absolute Gasteiger partial charge is 0.236 e. The highest BCUT2D eigenvalue weighted by atomic mass is 35.6. The van der Waals surface area contributed by atoms with Crippen LogP contribution in [0.3, 0.4) is 0 Å². The van der Waals surface area contributed by atoms with E-state index in [0.29, 0.717) is 5.69 Å². The van der Waals surface area contributed by atoms with Crippen LogP contribution in [0, 0.1) is 0 Å². The van der Waals surface area contributed by atoms with Gasteiger partial charge in [-0.15, -0.1) is 5.10 Å². The first-order valence-corrected chi connectivity index (χ1v) is 4.56. The number of hydrogen-bond acceptors (Lipinski definition) is 2. The van der Waals surface area contributed by atoms with E-state index in [0.717, 1.165) is 12.1 Å². The molecular formula is C6H8Cl3N3. The van der Waals surface area contributed by atoms with Crippen LogP contribution in [0.4, 0.5) is 0 Å². The molecule has 6 heteroatoms. The molecule has 0 aliphatic rings. The third-order valence-electron chi connectivity index (χ3n) is 1.55. The maximum absolute atomic E-state index is 5.67. The summed E-state index contributed by atoms with van der Waals surface area (Å²) < 4.78 is 0.136. The van der Waals surface area contributed by atoms with E-state index in [2.05, 4.69) is 10.3 Å². The predicted molar refractivity (Wildman–Crippen MR) is 49.6 cm³/mol. The summed E-state index contributed by atoms with van der Waals surface area (Å²) in [6.45, 7) is 1.96. The molecule has 1 rings (SSSR count). The van der Waals surface area contributed by atoms with Crippen LogP contribution in [-0.2, 0) is 17.3 Å². The van der Waals surface area contributed by atoms with Gasteiger partial charge < -0.3 is 0 Å². The van der Waals surface area contributed by atoms with E-state index in [9.17, 15) is 0 Å². The van der Waals surface area contributed by atoms with Gasteiger partial charge in [-0.25, -0.2) is 0 Å². The zero-order valence-corrected chi connectivity index (χ0v) is 8.95. The van der Waals surface area contributed by atoms with Gasteiger partial charge in [-0.1, -0.05) is 46.9 Å². The molecule has 0 aliphatic carbocycles. The molecule has 1 aromatic rings. The second-order valence-electron chi connectivity index (χ2n) is 2.36. The molecule has 3 nitrogen and oxygen atoms in total. The second kappa shape index (κ2) is 3.40. The van der Waals surface area contributed by atoms with Crippen molar-refractivity contribution in [3.63, 3.8) is 0 Å². The molecule has 1 heterocycles. The fourth-order valence-corrected chi connectivity index (χ4v) is 1.43. The van der Waals surface area contributed by atoms with Crippen molar-refractivity contribution in [2.45, 2.75) is 17.1 Å². The lowest BCUT2D eigenvalue weighted by Gasteiger charge is -2.08. The van der Waals surface area contributed by atoms with Gasteiger partial charge in [0.05, 0.1) is 5.69 Å². The van der Waals surface area contributed by atoms with Gasteiger partial charge in [0.25, 0.3) is 0 Å². The van der Waals surface area contributed by atoms with Crippen LogP contribution in [0.2, 0.25) is 0 Å². The fraction of sp³-hybridized carbons (Fsp3) is 0.667. The molecule has 12 heavy (non-hydrogen) atoms. The Morgan fingerprint density at radius 1 is 1.42 bits per heavy atom. The lowest BCUT2D eigenvalue weighted by Crippen LogP contribution is -2.06. The summed E-state index contributed by atoms with van der Waals surface area (Å²) in [5, 5.41) is 7.54. The molecular weight excluding hydrogens is 220 g/mol. The van der Waals surface area contributed by atoms with E-state index in [1.807, 2.05) is 6.92 Å². The van der Waals surface area contributed by atoms with E-state index in [-0.39, 0.29) is 0 Å². The second-order valence-corrected chi connectivity index (χ2v) is 4.64. The Balaban J connectivity index is 3.16. The monoisotopic (exact) mass is 227 g/mol. The molecule has 0 aliphatic heterocycles. The number of hydrogen-bond donors (Lipinski definition) is 0. The Morgan fingerprint density at radius 2 is 2.00 bits per heavy atom. The third-order valence-corrected chi connectivity index (χ3v) is 2.08. The van der Waals surface area contributed by atoms with Crippen LogP contribution >= 0.6 is 34.8 Å². The van der Waals surface area contributed by atoms with Gasteiger partial charge >= 0.3 is 0 Å². The largest absolute Gasteiger partial charge is 0.252 e. The van der Waals surface area contributed by atoms with E-state index in [1.54, 1.807) is 11.7 Å². The van der Waals surface area contributed by atoms with Crippen molar-refractivity contribution in [1.82, 2.24) is 15.0 Å². The van der Waals surface area contributed by atoms with Gasteiger partial charge in [-0.05, 0) is 6.42 Å². The topological polar surface area (TPSA) is 30.7 Å². The molecule has 0 spiro atoms. The fourth-order valence-electron chi connectivity index (χ4n) is 0.993. The van der Waals surface area contributed by atoms with Crippen molar-refractivity contribution in [3.05, 3.63) is 11.4 Å². The van der Waals surface area contributed by atoms with Crippen molar-refractivity contribution in [3.8, 4) is 0 Å². The lowest BCUT2D eigenvalue weighted by atomic mass is 10.3. The summed E-state index contributed by atoms with van der Waals surface area (Å²) in [6, 6.07) is 0. The summed E-state index contributed by atoms with van der Waals surface area (Å²) in [5.74, 6) is 0. The van der Waals surface area contributed by atoms with Crippen LogP contribution in [-0.4, -0.2) is 15.0 Å². The Morgan fingerprint density at radius 3 is 2.33 bits per heavy atom. The number of alkyl halides is 3. The molecule has 1 aromatic heterocycles. The van der Waals surface area contributed by atoms with E-state index < -0.39 is 3.79 Å². The molecule has 0 unspecified atom stereocenters. The van der Waals surface area contributed by atoms with Gasteiger partial charge in [0.1, 0.15) is 5.69 Å². The van der Waals surface area contributed by atoms with Crippen LogP contribution in [0.25, 0.3) is 0 Å². The zero-order chi connectivity index (χ0) is 9.35. The van der Waals surface area contributed by atoms with Crippen LogP contribution < -0.4 is 0 Å². The molecule has 0 bridgehead atoms. The minimum absolute atomic E-state index is 0.414. The van der Waals surface area contributed by atoms with Crippen molar-refractivity contribution in [1.29, 1.82) is 0 Å². The highest BCUT2D eigenvalue weighted by Crippen LogP contribution is 2.38. The molecule has 0 atom stereocenters. The molecule has 0 N–H and O–H groups in total. The van der Waals surface area contributed by atoms with Gasteiger partial charge in [0.2, 0.25) is 3.79 Å². The Kier molecular flexibility index (Phi) is 2.86. The van der Waals surface area contributed by atoms with Crippen molar-refractivity contribution in [2.24, 2.45) is 7.05 Å². The Labute approximate surface area is 85.6 Å². The van der Waals surface area contributed by atoms with Gasteiger partial charge in [0, 0.05) is 7.05 Å². The van der Waals surface area contributed by atoms with E-state index in [1.165, 1.54) is 0 Å². The quantitative estimate of drug-likeness (QED) is 0.690. The number of aryl methyl sites for hydroxylation is 1. The number of rotatable bonds is 1. The van der Waals surface area contributed by atoms with Gasteiger partial charge in [-0.2, -0.15) is 0 Å². The first kappa shape index (κ1) is 10.1. The van der Waals surface area contributed by atoms with Crippen molar-refractivity contribution < 1.29 is 0 Å². The lowest BCUT2D eigenvalue weighted by molar-refractivity contribution is 0.682. The first-order chi connectivity index (χ1) is 5.46. The van der Waals surface area contributed by atoms with Crippen LogP contribution in [0.5, 0.6) is 0 Å². The van der Waals surface area contributed by atoms with E-state index in [4.69, 9.17) is 34.8 Å². The molecule has 0 saturated heterocycles. The van der Waals surface area contributed by atoms with Crippen LogP contribution in [0.15, 0.2) is 0 Å². The number of halogens is 3. The highest BCUT2D eigenvalue weighted by Gasteiger charge is 2.30. The Hall–Kier alpha value is 0.01000. The molecule has 0 aromatic carbocycles. The SMILES string of the molecule is CCc1c(C(Cl)(Cl)Cl)nnn1C. The van der Waals surface area contributed by atoms with Crippen molar-refractivity contribution >= 4 is 34.8 Å².